The Morgan fingerprint density at radius 3 is 2.50 bits per heavy atom. The maximum Gasteiger partial charge on any atom is 0.244 e. The van der Waals surface area contributed by atoms with Crippen LogP contribution < -0.4 is 0 Å². The van der Waals surface area contributed by atoms with Crippen LogP contribution in [0.3, 0.4) is 0 Å². The number of hydrogen-bond acceptors (Lipinski definition) is 2. The summed E-state index contributed by atoms with van der Waals surface area (Å²) >= 11 is 0. The van der Waals surface area contributed by atoms with Crippen LogP contribution in [0.5, 0.6) is 0 Å². The lowest BCUT2D eigenvalue weighted by molar-refractivity contribution is 0.478. The molecule has 0 saturated carbocycles. The Kier molecular flexibility index (Phi) is 4.29. The van der Waals surface area contributed by atoms with Crippen LogP contribution in [-0.4, -0.2) is 25.8 Å². The largest absolute Gasteiger partial charge is 0.244 e. The number of sulfonamides is 1. The minimum atomic E-state index is -3.51. The zero-order valence-electron chi connectivity index (χ0n) is 8.83. The average Bonchev–Trinajstić information content (AvgIpc) is 2.30. The molecule has 4 heteroatoms. The topological polar surface area (TPSA) is 37.4 Å². The Morgan fingerprint density at radius 2 is 2.00 bits per heavy atom. The smallest absolute Gasteiger partial charge is 0.207 e. The van der Waals surface area contributed by atoms with Gasteiger partial charge in [0.25, 0.3) is 0 Å². The van der Waals surface area contributed by atoms with Crippen molar-refractivity contribution in [2.24, 2.45) is 0 Å². The van der Waals surface area contributed by atoms with Crippen LogP contribution in [0.1, 0.15) is 0 Å². The van der Waals surface area contributed by atoms with Crippen molar-refractivity contribution >= 4 is 10.0 Å². The SMILES string of the molecule is C#CCN(CC=C)S(=O)(=O)c1ccccc1. The summed E-state index contributed by atoms with van der Waals surface area (Å²) in [5.41, 5.74) is 0. The summed E-state index contributed by atoms with van der Waals surface area (Å²) in [5, 5.41) is 0. The molecule has 0 aromatic heterocycles. The van der Waals surface area contributed by atoms with Gasteiger partial charge in [-0.3, -0.25) is 0 Å². The lowest BCUT2D eigenvalue weighted by Gasteiger charge is -2.17. The molecule has 0 amide bonds. The number of terminal acetylenes is 1. The molecular formula is C12H13NO2S. The second-order valence-corrected chi connectivity index (χ2v) is 5.04. The van der Waals surface area contributed by atoms with E-state index < -0.39 is 10.0 Å². The Labute approximate surface area is 96.5 Å². The van der Waals surface area contributed by atoms with E-state index in [4.69, 9.17) is 6.42 Å². The van der Waals surface area contributed by atoms with E-state index in [2.05, 4.69) is 12.5 Å². The predicted molar refractivity (Wildman–Crippen MR) is 64.2 cm³/mol. The van der Waals surface area contributed by atoms with Gasteiger partial charge in [-0.2, -0.15) is 4.31 Å². The molecule has 0 aliphatic heterocycles. The average molecular weight is 235 g/mol. The van der Waals surface area contributed by atoms with E-state index in [-0.39, 0.29) is 18.0 Å². The molecule has 0 N–H and O–H groups in total. The monoisotopic (exact) mass is 235 g/mol. The number of hydrogen-bond donors (Lipinski definition) is 0. The summed E-state index contributed by atoms with van der Waals surface area (Å²) in [7, 11) is -3.51. The van der Waals surface area contributed by atoms with Gasteiger partial charge in [0, 0.05) is 6.54 Å². The number of nitrogens with zero attached hydrogens (tertiary/aromatic N) is 1. The molecule has 0 spiro atoms. The normalized spacial score (nSPS) is 11.0. The maximum atomic E-state index is 12.1. The molecule has 0 bridgehead atoms. The molecule has 16 heavy (non-hydrogen) atoms. The van der Waals surface area contributed by atoms with Gasteiger partial charge in [0.05, 0.1) is 11.4 Å². The first-order valence-electron chi connectivity index (χ1n) is 4.72. The van der Waals surface area contributed by atoms with Crippen LogP contribution in [0.25, 0.3) is 0 Å². The van der Waals surface area contributed by atoms with Crippen molar-refractivity contribution in [1.82, 2.24) is 4.31 Å². The molecule has 1 rings (SSSR count). The third-order valence-electron chi connectivity index (χ3n) is 1.98. The Hall–Kier alpha value is -1.57. The predicted octanol–water partition coefficient (Wildman–Crippen LogP) is 1.50. The highest BCUT2D eigenvalue weighted by atomic mass is 32.2. The first kappa shape index (κ1) is 12.5. The summed E-state index contributed by atoms with van der Waals surface area (Å²) in [6.07, 6.45) is 6.66. The van der Waals surface area contributed by atoms with Crippen LogP contribution in [0.4, 0.5) is 0 Å². The van der Waals surface area contributed by atoms with E-state index in [1.165, 1.54) is 10.4 Å². The molecule has 0 aliphatic rings. The second kappa shape index (κ2) is 5.50. The molecule has 3 nitrogen and oxygen atoms in total. The van der Waals surface area contributed by atoms with Crippen molar-refractivity contribution in [2.75, 3.05) is 13.1 Å². The lowest BCUT2D eigenvalue weighted by Crippen LogP contribution is -2.31. The molecule has 0 saturated heterocycles. The van der Waals surface area contributed by atoms with Crippen molar-refractivity contribution < 1.29 is 8.42 Å². The number of rotatable bonds is 5. The van der Waals surface area contributed by atoms with Crippen LogP contribution in [-0.2, 0) is 10.0 Å². The fourth-order valence-electron chi connectivity index (χ4n) is 1.23. The number of benzene rings is 1. The van der Waals surface area contributed by atoms with Gasteiger partial charge in [0.2, 0.25) is 10.0 Å². The summed E-state index contributed by atoms with van der Waals surface area (Å²) in [5.74, 6) is 2.33. The first-order valence-corrected chi connectivity index (χ1v) is 6.16. The van der Waals surface area contributed by atoms with Crippen molar-refractivity contribution in [3.8, 4) is 12.3 Å². The van der Waals surface area contributed by atoms with E-state index in [1.807, 2.05) is 0 Å². The van der Waals surface area contributed by atoms with Crippen LogP contribution in [0.2, 0.25) is 0 Å². The second-order valence-electron chi connectivity index (χ2n) is 3.10. The van der Waals surface area contributed by atoms with E-state index in [0.29, 0.717) is 0 Å². The van der Waals surface area contributed by atoms with Crippen LogP contribution in [0.15, 0.2) is 47.9 Å². The Bertz CT molecular complexity index is 486. The Morgan fingerprint density at radius 1 is 1.38 bits per heavy atom. The van der Waals surface area contributed by atoms with Gasteiger partial charge in [-0.05, 0) is 12.1 Å². The fourth-order valence-corrected chi connectivity index (χ4v) is 2.58. The van der Waals surface area contributed by atoms with Crippen molar-refractivity contribution in [2.45, 2.75) is 4.90 Å². The van der Waals surface area contributed by atoms with E-state index in [0.717, 1.165) is 0 Å². The highest BCUT2D eigenvalue weighted by Crippen LogP contribution is 2.14. The maximum absolute atomic E-state index is 12.1. The molecule has 0 aliphatic carbocycles. The minimum Gasteiger partial charge on any atom is -0.207 e. The zero-order valence-corrected chi connectivity index (χ0v) is 9.65. The van der Waals surface area contributed by atoms with Gasteiger partial charge in [-0.25, -0.2) is 8.42 Å². The summed E-state index contributed by atoms with van der Waals surface area (Å²) in [6.45, 7) is 3.77. The van der Waals surface area contributed by atoms with E-state index in [9.17, 15) is 8.42 Å². The molecular weight excluding hydrogens is 222 g/mol. The first-order chi connectivity index (χ1) is 7.62. The summed E-state index contributed by atoms with van der Waals surface area (Å²) in [4.78, 5) is 0.243. The van der Waals surface area contributed by atoms with Crippen molar-refractivity contribution in [3.05, 3.63) is 43.0 Å². The van der Waals surface area contributed by atoms with Gasteiger partial charge in [-0.1, -0.05) is 30.2 Å². The molecule has 0 heterocycles. The molecule has 0 fully saturated rings. The third kappa shape index (κ3) is 2.72. The highest BCUT2D eigenvalue weighted by Gasteiger charge is 2.21. The molecule has 0 unspecified atom stereocenters. The minimum absolute atomic E-state index is 0.0449. The third-order valence-corrected chi connectivity index (χ3v) is 3.81. The van der Waals surface area contributed by atoms with Crippen molar-refractivity contribution in [3.63, 3.8) is 0 Å². The van der Waals surface area contributed by atoms with E-state index >= 15 is 0 Å². The Balaban J connectivity index is 3.09. The fraction of sp³-hybridized carbons (Fsp3) is 0.167. The molecule has 1 aromatic rings. The van der Waals surface area contributed by atoms with Crippen LogP contribution in [0, 0.1) is 12.3 Å². The van der Waals surface area contributed by atoms with Gasteiger partial charge >= 0.3 is 0 Å². The van der Waals surface area contributed by atoms with Gasteiger partial charge < -0.3 is 0 Å². The summed E-state index contributed by atoms with van der Waals surface area (Å²) in [6, 6.07) is 8.20. The van der Waals surface area contributed by atoms with Crippen LogP contribution >= 0.6 is 0 Å². The quantitative estimate of drug-likeness (QED) is 0.573. The van der Waals surface area contributed by atoms with Gasteiger partial charge in [-0.15, -0.1) is 13.0 Å². The lowest BCUT2D eigenvalue weighted by atomic mass is 10.4. The summed E-state index contributed by atoms with van der Waals surface area (Å²) < 4.78 is 25.4. The molecule has 0 atom stereocenters. The molecule has 0 radical (unpaired) electrons. The van der Waals surface area contributed by atoms with Gasteiger partial charge in [0.1, 0.15) is 0 Å². The standard InChI is InChI=1S/C12H13NO2S/c1-3-10-13(11-4-2)16(14,15)12-8-6-5-7-9-12/h1,4-9H,2,10-11H2. The zero-order chi connectivity index (χ0) is 12.0. The van der Waals surface area contributed by atoms with Gasteiger partial charge in [0.15, 0.2) is 0 Å². The molecule has 1 aromatic carbocycles. The van der Waals surface area contributed by atoms with Crippen molar-refractivity contribution in [1.29, 1.82) is 0 Å². The van der Waals surface area contributed by atoms with E-state index in [1.54, 1.807) is 30.3 Å². The molecule has 84 valence electrons. The highest BCUT2D eigenvalue weighted by molar-refractivity contribution is 7.89.